The average Bonchev–Trinajstić information content (AvgIpc) is 2.93. The van der Waals surface area contributed by atoms with E-state index in [1.807, 2.05) is 11.3 Å². The minimum absolute atomic E-state index is 0.304. The van der Waals surface area contributed by atoms with E-state index < -0.39 is 0 Å². The molecule has 0 aliphatic carbocycles. The Bertz CT molecular complexity index is 850. The first kappa shape index (κ1) is 14.3. The van der Waals surface area contributed by atoms with Gasteiger partial charge in [-0.15, -0.1) is 11.3 Å². The first-order valence-corrected chi connectivity index (χ1v) is 8.46. The van der Waals surface area contributed by atoms with Crippen molar-refractivity contribution in [2.45, 2.75) is 38.9 Å². The van der Waals surface area contributed by atoms with Crippen LogP contribution in [0.25, 0.3) is 20.2 Å². The van der Waals surface area contributed by atoms with Crippen molar-refractivity contribution in [3.05, 3.63) is 42.5 Å². The highest BCUT2D eigenvalue weighted by atomic mass is 32.1. The van der Waals surface area contributed by atoms with Gasteiger partial charge in [-0.05, 0) is 39.1 Å². The summed E-state index contributed by atoms with van der Waals surface area (Å²) >= 11 is 1.82. The highest BCUT2D eigenvalue weighted by Gasteiger charge is 2.52. The molecule has 2 heterocycles. The van der Waals surface area contributed by atoms with Gasteiger partial charge in [0.2, 0.25) is 0 Å². The first-order valence-electron chi connectivity index (χ1n) is 7.65. The van der Waals surface area contributed by atoms with Gasteiger partial charge in [-0.25, -0.2) is 0 Å². The van der Waals surface area contributed by atoms with Crippen molar-refractivity contribution < 1.29 is 9.31 Å². The van der Waals surface area contributed by atoms with Crippen LogP contribution in [0.4, 0.5) is 0 Å². The van der Waals surface area contributed by atoms with E-state index in [4.69, 9.17) is 9.31 Å². The second-order valence-electron chi connectivity index (χ2n) is 6.91. The number of rotatable bonds is 1. The van der Waals surface area contributed by atoms with E-state index in [-0.39, 0.29) is 18.3 Å². The molecule has 22 heavy (non-hydrogen) atoms. The molecule has 0 amide bonds. The summed E-state index contributed by atoms with van der Waals surface area (Å²) in [5.41, 5.74) is 0.518. The quantitative estimate of drug-likeness (QED) is 0.622. The van der Waals surface area contributed by atoms with E-state index >= 15 is 0 Å². The number of hydrogen-bond donors (Lipinski definition) is 0. The third-order valence-electron chi connectivity index (χ3n) is 4.94. The number of benzene rings is 2. The Labute approximate surface area is 135 Å². The minimum atomic E-state index is -0.309. The molecule has 2 aromatic carbocycles. The van der Waals surface area contributed by atoms with Gasteiger partial charge in [0.25, 0.3) is 0 Å². The summed E-state index contributed by atoms with van der Waals surface area (Å²) in [4.78, 5) is 0. The summed E-state index contributed by atoms with van der Waals surface area (Å²) in [5.74, 6) is 0. The zero-order valence-corrected chi connectivity index (χ0v) is 14.2. The van der Waals surface area contributed by atoms with Gasteiger partial charge in [-0.1, -0.05) is 36.4 Å². The molecule has 0 bridgehead atoms. The summed E-state index contributed by atoms with van der Waals surface area (Å²) in [6.45, 7) is 8.38. The number of thiophene rings is 1. The maximum absolute atomic E-state index is 6.24. The van der Waals surface area contributed by atoms with E-state index in [1.54, 1.807) is 0 Å². The van der Waals surface area contributed by atoms with Gasteiger partial charge in [0, 0.05) is 20.2 Å². The highest BCUT2D eigenvalue weighted by molar-refractivity contribution is 7.27. The van der Waals surface area contributed by atoms with Crippen LogP contribution in [-0.4, -0.2) is 18.3 Å². The zero-order valence-electron chi connectivity index (χ0n) is 13.3. The molecule has 1 fully saturated rings. The topological polar surface area (TPSA) is 18.5 Å². The first-order chi connectivity index (χ1) is 10.4. The van der Waals surface area contributed by atoms with Crippen LogP contribution in [0.3, 0.4) is 0 Å². The maximum atomic E-state index is 6.24. The molecule has 0 radical (unpaired) electrons. The van der Waals surface area contributed by atoms with Crippen molar-refractivity contribution in [1.29, 1.82) is 0 Å². The molecular formula is C18H19BO2S. The summed E-state index contributed by atoms with van der Waals surface area (Å²) in [6.07, 6.45) is 0. The number of fused-ring (bicyclic) bond motifs is 3. The van der Waals surface area contributed by atoms with Gasteiger partial charge in [-0.2, -0.15) is 0 Å². The van der Waals surface area contributed by atoms with E-state index in [0.29, 0.717) is 0 Å². The molecule has 1 aromatic heterocycles. The maximum Gasteiger partial charge on any atom is 0.496 e. The Morgan fingerprint density at radius 2 is 1.45 bits per heavy atom. The molecule has 3 aromatic rings. The normalized spacial score (nSPS) is 20.1. The van der Waals surface area contributed by atoms with E-state index in [9.17, 15) is 0 Å². The third-order valence-corrected chi connectivity index (χ3v) is 6.18. The minimum Gasteiger partial charge on any atom is -0.399 e. The lowest BCUT2D eigenvalue weighted by Crippen LogP contribution is -2.41. The zero-order chi connectivity index (χ0) is 15.5. The van der Waals surface area contributed by atoms with Crippen LogP contribution in [0.2, 0.25) is 0 Å². The van der Waals surface area contributed by atoms with Gasteiger partial charge in [0.1, 0.15) is 0 Å². The molecule has 1 aliphatic heterocycles. The van der Waals surface area contributed by atoms with Crippen LogP contribution in [0.15, 0.2) is 42.5 Å². The molecule has 0 saturated carbocycles. The van der Waals surface area contributed by atoms with Crippen molar-refractivity contribution in [3.63, 3.8) is 0 Å². The molecule has 2 nitrogen and oxygen atoms in total. The van der Waals surface area contributed by atoms with E-state index in [1.165, 1.54) is 20.2 Å². The van der Waals surface area contributed by atoms with E-state index in [0.717, 1.165) is 5.46 Å². The van der Waals surface area contributed by atoms with Crippen molar-refractivity contribution in [3.8, 4) is 0 Å². The van der Waals surface area contributed by atoms with Crippen LogP contribution >= 0.6 is 11.3 Å². The van der Waals surface area contributed by atoms with Crippen LogP contribution < -0.4 is 5.46 Å². The fraction of sp³-hybridized carbons (Fsp3) is 0.333. The summed E-state index contributed by atoms with van der Waals surface area (Å²) in [5, 5.41) is 2.59. The Morgan fingerprint density at radius 3 is 2.18 bits per heavy atom. The largest absolute Gasteiger partial charge is 0.496 e. The number of hydrogen-bond acceptors (Lipinski definition) is 3. The molecule has 112 valence electrons. The van der Waals surface area contributed by atoms with Crippen molar-refractivity contribution in [1.82, 2.24) is 0 Å². The van der Waals surface area contributed by atoms with Gasteiger partial charge in [0.15, 0.2) is 0 Å². The van der Waals surface area contributed by atoms with Gasteiger partial charge >= 0.3 is 7.12 Å². The molecule has 4 heteroatoms. The van der Waals surface area contributed by atoms with Gasteiger partial charge < -0.3 is 9.31 Å². The Balaban J connectivity index is 1.90. The van der Waals surface area contributed by atoms with Crippen LogP contribution in [-0.2, 0) is 9.31 Å². The van der Waals surface area contributed by atoms with E-state index in [2.05, 4.69) is 70.2 Å². The second-order valence-corrected chi connectivity index (χ2v) is 7.96. The monoisotopic (exact) mass is 310 g/mol. The lowest BCUT2D eigenvalue weighted by molar-refractivity contribution is 0.00578. The molecule has 1 aliphatic rings. The van der Waals surface area contributed by atoms with Gasteiger partial charge in [-0.3, -0.25) is 0 Å². The molecular weight excluding hydrogens is 291 g/mol. The molecule has 0 atom stereocenters. The van der Waals surface area contributed by atoms with Crippen molar-refractivity contribution >= 4 is 44.1 Å². The predicted molar refractivity (Wildman–Crippen MR) is 95.0 cm³/mol. The standard InChI is InChI=1S/C18H19BO2S/c1-17(2)18(3,4)21-19(20-17)14-10-7-9-13-12-8-5-6-11-15(12)22-16(13)14/h5-11H,1-4H3. The molecule has 0 unspecified atom stereocenters. The van der Waals surface area contributed by atoms with Crippen molar-refractivity contribution in [2.24, 2.45) is 0 Å². The Hall–Kier alpha value is -1.36. The predicted octanol–water partition coefficient (Wildman–Crippen LogP) is 4.35. The summed E-state index contributed by atoms with van der Waals surface area (Å²) in [6, 6.07) is 14.9. The molecule has 0 N–H and O–H groups in total. The average molecular weight is 310 g/mol. The fourth-order valence-electron chi connectivity index (χ4n) is 2.92. The lowest BCUT2D eigenvalue weighted by atomic mass is 9.78. The molecule has 4 rings (SSSR count). The Kier molecular flexibility index (Phi) is 2.96. The smallest absolute Gasteiger partial charge is 0.399 e. The molecule has 1 saturated heterocycles. The second kappa shape index (κ2) is 4.57. The lowest BCUT2D eigenvalue weighted by Gasteiger charge is -2.32. The fourth-order valence-corrected chi connectivity index (χ4v) is 4.15. The third kappa shape index (κ3) is 1.94. The van der Waals surface area contributed by atoms with Crippen LogP contribution in [0, 0.1) is 0 Å². The van der Waals surface area contributed by atoms with Crippen LogP contribution in [0.1, 0.15) is 27.7 Å². The summed E-state index contributed by atoms with van der Waals surface area (Å²) < 4.78 is 15.1. The SMILES string of the molecule is CC1(C)OB(c2cccc3c2sc2ccccc23)OC1(C)C. The molecule has 0 spiro atoms. The highest BCUT2D eigenvalue weighted by Crippen LogP contribution is 2.38. The van der Waals surface area contributed by atoms with Crippen LogP contribution in [0.5, 0.6) is 0 Å². The summed E-state index contributed by atoms with van der Waals surface area (Å²) in [7, 11) is -0.304. The van der Waals surface area contributed by atoms with Crippen molar-refractivity contribution in [2.75, 3.05) is 0 Å². The Morgan fingerprint density at radius 1 is 0.818 bits per heavy atom. The van der Waals surface area contributed by atoms with Gasteiger partial charge in [0.05, 0.1) is 11.2 Å².